The number of ether oxygens (including phenoxy) is 1. The molecular weight excluding hydrogens is 638 g/mol. The van der Waals surface area contributed by atoms with E-state index in [4.69, 9.17) is 9.26 Å². The third-order valence-corrected chi connectivity index (χ3v) is 9.78. The van der Waals surface area contributed by atoms with Crippen molar-refractivity contribution in [1.82, 2.24) is 20.2 Å². The molecule has 1 saturated heterocycles. The van der Waals surface area contributed by atoms with Gasteiger partial charge in [-0.05, 0) is 32.9 Å². The Morgan fingerprint density at radius 1 is 1.09 bits per heavy atom. The average Bonchev–Trinajstić information content (AvgIpc) is 3.22. The zero-order chi connectivity index (χ0) is 32.8. The van der Waals surface area contributed by atoms with E-state index in [2.05, 4.69) is 19.5 Å². The minimum Gasteiger partial charge on any atom is -0.396 e. The highest BCUT2D eigenvalue weighted by atomic mass is 31.3. The van der Waals surface area contributed by atoms with Crippen LogP contribution in [0, 0.1) is 5.92 Å². The third-order valence-electron chi connectivity index (χ3n) is 7.12. The quantitative estimate of drug-likeness (QED) is 0.0633. The molecule has 1 aliphatic carbocycles. The molecule has 3 rings (SSSR count). The summed E-state index contributed by atoms with van der Waals surface area (Å²) < 4.78 is 45.3. The first-order valence-electron chi connectivity index (χ1n) is 13.5. The Hall–Kier alpha value is -1.87. The number of phosphoric acid groups is 2. The largest absolute Gasteiger partial charge is 0.481 e. The summed E-state index contributed by atoms with van der Waals surface area (Å²) in [6, 6.07) is -0.539. The number of amides is 1. The van der Waals surface area contributed by atoms with E-state index in [1.165, 1.54) is 0 Å². The van der Waals surface area contributed by atoms with Crippen molar-refractivity contribution in [2.75, 3.05) is 26.8 Å². The molecule has 11 atom stereocenters. The number of nitrogens with zero attached hydrogens (tertiary/aromatic N) is 1. The van der Waals surface area contributed by atoms with E-state index in [-0.39, 0.29) is 12.8 Å². The number of carbonyl (C=O) groups excluding carboxylic acids is 1. The summed E-state index contributed by atoms with van der Waals surface area (Å²) in [5.41, 5.74) is -1.73. The molecule has 10 N–H and O–H groups in total. The first-order chi connectivity index (χ1) is 20.6. The lowest BCUT2D eigenvalue weighted by Gasteiger charge is -2.42. The summed E-state index contributed by atoms with van der Waals surface area (Å²) in [6.45, 7) is -1.05. The van der Waals surface area contributed by atoms with Crippen molar-refractivity contribution in [3.63, 3.8) is 0 Å². The van der Waals surface area contributed by atoms with E-state index in [9.17, 15) is 58.8 Å². The third kappa shape index (κ3) is 9.57. The van der Waals surface area contributed by atoms with Gasteiger partial charge in [0.1, 0.15) is 24.4 Å². The van der Waals surface area contributed by atoms with Gasteiger partial charge in [0.2, 0.25) is 5.91 Å². The Labute approximate surface area is 249 Å². The van der Waals surface area contributed by atoms with Gasteiger partial charge >= 0.3 is 21.3 Å². The maximum Gasteiger partial charge on any atom is 0.481 e. The van der Waals surface area contributed by atoms with E-state index < -0.39 is 101 Å². The zero-order valence-electron chi connectivity index (χ0n) is 23.4. The summed E-state index contributed by atoms with van der Waals surface area (Å²) >= 11 is 0. The van der Waals surface area contributed by atoms with Crippen LogP contribution in [0.1, 0.15) is 31.9 Å². The summed E-state index contributed by atoms with van der Waals surface area (Å²) in [6.07, 6.45) is -9.86. The van der Waals surface area contributed by atoms with E-state index in [0.29, 0.717) is 19.4 Å². The lowest BCUT2D eigenvalue weighted by molar-refractivity contribution is -0.134. The Morgan fingerprint density at radius 2 is 1.80 bits per heavy atom. The molecule has 2 fully saturated rings. The first kappa shape index (κ1) is 36.6. The fourth-order valence-corrected chi connectivity index (χ4v) is 7.13. The lowest BCUT2D eigenvalue weighted by atomic mass is 9.79. The van der Waals surface area contributed by atoms with Crippen LogP contribution >= 0.6 is 15.6 Å². The molecule has 1 saturated carbocycles. The van der Waals surface area contributed by atoms with Crippen molar-refractivity contribution in [2.24, 2.45) is 5.92 Å². The predicted molar refractivity (Wildman–Crippen MR) is 146 cm³/mol. The number of phosphoric ester groups is 2. The monoisotopic (exact) mass is 676 g/mol. The highest BCUT2D eigenvalue weighted by molar-refractivity contribution is 7.61. The molecule has 1 aromatic rings. The van der Waals surface area contributed by atoms with Crippen molar-refractivity contribution < 1.29 is 67.3 Å². The second kappa shape index (κ2) is 15.6. The zero-order valence-corrected chi connectivity index (χ0v) is 25.2. The highest BCUT2D eigenvalue weighted by Gasteiger charge is 2.49. The maximum atomic E-state index is 12.8. The Balaban J connectivity index is 1.64. The summed E-state index contributed by atoms with van der Waals surface area (Å²) in [7, 11) is -9.30. The number of hydrogen-bond acceptors (Lipinski definition) is 15. The smallest absolute Gasteiger partial charge is 0.396 e. The van der Waals surface area contributed by atoms with Gasteiger partial charge in [0, 0.05) is 31.2 Å². The van der Waals surface area contributed by atoms with E-state index in [1.807, 2.05) is 4.98 Å². The van der Waals surface area contributed by atoms with Crippen LogP contribution < -0.4 is 21.9 Å². The van der Waals surface area contributed by atoms with Crippen molar-refractivity contribution in [3.05, 3.63) is 33.1 Å². The molecule has 0 spiro atoms. The second-order valence-electron chi connectivity index (χ2n) is 10.3. The number of aliphatic hydroxyl groups excluding tert-OH is 5. The van der Waals surface area contributed by atoms with Crippen LogP contribution in [-0.4, -0.2) is 120 Å². The highest BCUT2D eigenvalue weighted by Crippen LogP contribution is 2.61. The molecule has 252 valence electrons. The topological polar surface area (TPSA) is 309 Å². The number of aliphatic hydroxyl groups is 5. The Morgan fingerprint density at radius 3 is 2.43 bits per heavy atom. The van der Waals surface area contributed by atoms with Crippen LogP contribution in [0.2, 0.25) is 0 Å². The number of hydrogen-bond donors (Lipinski definition) is 10. The van der Waals surface area contributed by atoms with Crippen molar-refractivity contribution in [3.8, 4) is 0 Å². The standard InChI is InChI=1S/C22H38N4O16P2/c1-23-6-3-2-4-14(28)24-16-12(8-11(9-27)17(30)19(16)32)41-44(37,38)42-43(35,36)39-10-13-18(31)20(33)21(40-13)26-7-5-15(29)25-22(26)34/h5,7,11-13,16-21,23,27,30-33H,2-4,6,8-10H2,1H3,(H,24,28)(H,35,36)(H,37,38)(H,25,29,34)/t11?,12-,13?,16?,17+,18?,19-,20?,21?/m1/s1. The van der Waals surface area contributed by atoms with Crippen LogP contribution in [0.4, 0.5) is 0 Å². The molecule has 2 aliphatic rings. The number of H-pyrrole nitrogens is 1. The summed E-state index contributed by atoms with van der Waals surface area (Å²) in [5, 5.41) is 56.4. The number of unbranched alkanes of at least 4 members (excludes halogenated alkanes) is 1. The van der Waals surface area contributed by atoms with Crippen LogP contribution in [-0.2, 0) is 32.0 Å². The minimum absolute atomic E-state index is 0.00555. The van der Waals surface area contributed by atoms with Gasteiger partial charge in [0.15, 0.2) is 6.23 Å². The van der Waals surface area contributed by atoms with Crippen LogP contribution in [0.25, 0.3) is 0 Å². The second-order valence-corrected chi connectivity index (χ2v) is 13.3. The van der Waals surface area contributed by atoms with Crippen molar-refractivity contribution >= 4 is 21.6 Å². The number of rotatable bonds is 15. The van der Waals surface area contributed by atoms with Crippen molar-refractivity contribution in [2.45, 2.75) is 74.6 Å². The molecule has 44 heavy (non-hydrogen) atoms. The van der Waals surface area contributed by atoms with Crippen molar-refractivity contribution in [1.29, 1.82) is 0 Å². The molecule has 2 heterocycles. The molecule has 1 amide bonds. The van der Waals surface area contributed by atoms with E-state index >= 15 is 0 Å². The lowest BCUT2D eigenvalue weighted by Crippen LogP contribution is -2.61. The van der Waals surface area contributed by atoms with Gasteiger partial charge < -0.3 is 50.7 Å². The van der Waals surface area contributed by atoms with Crippen LogP contribution in [0.15, 0.2) is 21.9 Å². The molecule has 0 aromatic carbocycles. The van der Waals surface area contributed by atoms with Gasteiger partial charge in [-0.2, -0.15) is 4.31 Å². The molecule has 8 unspecified atom stereocenters. The number of carbonyl (C=O) groups is 1. The Bertz CT molecular complexity index is 1330. The molecule has 0 radical (unpaired) electrons. The molecule has 1 aromatic heterocycles. The summed E-state index contributed by atoms with van der Waals surface area (Å²) in [5.74, 6) is -1.65. The fraction of sp³-hybridized carbons (Fsp3) is 0.773. The number of nitrogens with one attached hydrogen (secondary N) is 3. The van der Waals surface area contributed by atoms with Crippen LogP contribution in [0.5, 0.6) is 0 Å². The SMILES string of the molecule is CNCCCCC(=O)NC1[C@@H](O)[C@@H](O)C(CO)C[C@H]1OP(=O)(O)OP(=O)(O)OCC1OC(n2ccc(=O)[nH]c2=O)C(O)C1O. The van der Waals surface area contributed by atoms with E-state index in [1.54, 1.807) is 7.05 Å². The molecule has 20 nitrogen and oxygen atoms in total. The molecule has 1 aliphatic heterocycles. The molecular formula is C22H38N4O16P2. The van der Waals surface area contributed by atoms with Crippen LogP contribution in [0.3, 0.4) is 0 Å². The predicted octanol–water partition coefficient (Wildman–Crippen LogP) is -3.62. The normalized spacial score (nSPS) is 33.4. The van der Waals surface area contributed by atoms with Gasteiger partial charge in [0.25, 0.3) is 5.56 Å². The summed E-state index contributed by atoms with van der Waals surface area (Å²) in [4.78, 5) is 58.0. The fourth-order valence-electron chi connectivity index (χ4n) is 4.85. The van der Waals surface area contributed by atoms with Gasteiger partial charge in [-0.3, -0.25) is 28.2 Å². The number of aromatic amines is 1. The van der Waals surface area contributed by atoms with E-state index in [0.717, 1.165) is 16.8 Å². The Kier molecular flexibility index (Phi) is 13.0. The van der Waals surface area contributed by atoms with Gasteiger partial charge in [-0.1, -0.05) is 0 Å². The van der Waals surface area contributed by atoms with Gasteiger partial charge in [-0.15, -0.1) is 0 Å². The van der Waals surface area contributed by atoms with Gasteiger partial charge in [0.05, 0.1) is 24.9 Å². The minimum atomic E-state index is -5.54. The first-order valence-corrected chi connectivity index (χ1v) is 16.5. The molecule has 0 bridgehead atoms. The maximum absolute atomic E-state index is 12.8. The molecule has 22 heteroatoms. The van der Waals surface area contributed by atoms with Gasteiger partial charge in [-0.25, -0.2) is 13.9 Å². The average molecular weight is 677 g/mol. The number of aromatic nitrogens is 2.